The lowest BCUT2D eigenvalue weighted by Crippen LogP contribution is -2.33. The van der Waals surface area contributed by atoms with Crippen LogP contribution in [0.2, 0.25) is 0 Å². The number of aliphatic hydroxyl groups is 5. The summed E-state index contributed by atoms with van der Waals surface area (Å²) in [5.41, 5.74) is -0.678. The van der Waals surface area contributed by atoms with E-state index in [0.29, 0.717) is 37.2 Å². The van der Waals surface area contributed by atoms with Gasteiger partial charge in [0.2, 0.25) is 0 Å². The number of aliphatic hydroxyl groups excluding tert-OH is 4. The Bertz CT molecular complexity index is 356. The van der Waals surface area contributed by atoms with Crippen LogP contribution in [0.5, 0.6) is 0 Å². The third-order valence-electron chi connectivity index (χ3n) is 5.55. The molecular weight excluding hydrogens is 488 g/mol. The molecule has 246 valence electrons. The average Bonchev–Trinajstić information content (AvgIpc) is 2.86. The van der Waals surface area contributed by atoms with Crippen molar-refractivity contribution in [1.82, 2.24) is 0 Å². The van der Waals surface area contributed by atoms with Crippen LogP contribution in [0.15, 0.2) is 0 Å². The second-order valence-corrected chi connectivity index (χ2v) is 12.6. The smallest absolute Gasteiger partial charge is 0.0877 e. The molecule has 0 saturated carbocycles. The lowest BCUT2D eigenvalue weighted by Gasteiger charge is -2.27. The largest absolute Gasteiger partial charge is 0.396 e. The Balaban J connectivity index is -0.0000000906. The lowest BCUT2D eigenvalue weighted by atomic mass is 9.81. The Hall–Kier alpha value is -0.200. The molecule has 0 radical (unpaired) electrons. The fourth-order valence-electron chi connectivity index (χ4n) is 3.20. The Morgan fingerprint density at radius 3 is 1.00 bits per heavy atom. The van der Waals surface area contributed by atoms with Crippen molar-refractivity contribution in [2.24, 2.45) is 29.1 Å². The van der Waals surface area contributed by atoms with Gasteiger partial charge in [-0.15, -0.1) is 0 Å². The SMILES string of the molecule is CC(C)CCC(CO)CO.CCC.CCC.CCC.CCC(C)(CO)CC(C)C.CCC(O)(CO)CC(C)C. The second kappa shape index (κ2) is 37.8. The molecule has 0 saturated heterocycles. The summed E-state index contributed by atoms with van der Waals surface area (Å²) in [6.45, 7) is 32.1. The first-order valence-corrected chi connectivity index (χ1v) is 16.2. The molecule has 0 aliphatic carbocycles. The summed E-state index contributed by atoms with van der Waals surface area (Å²) < 4.78 is 0. The molecule has 0 aromatic heterocycles. The predicted octanol–water partition coefficient (Wildman–Crippen LogP) is 8.88. The van der Waals surface area contributed by atoms with Crippen molar-refractivity contribution in [3.05, 3.63) is 0 Å². The fourth-order valence-corrected chi connectivity index (χ4v) is 3.20. The highest BCUT2D eigenvalue weighted by Crippen LogP contribution is 2.28. The van der Waals surface area contributed by atoms with Gasteiger partial charge in [-0.3, -0.25) is 0 Å². The van der Waals surface area contributed by atoms with E-state index in [2.05, 4.69) is 83.1 Å². The fraction of sp³-hybridized carbons (Fsp3) is 1.00. The van der Waals surface area contributed by atoms with Crippen molar-refractivity contribution in [2.45, 2.75) is 167 Å². The molecule has 2 atom stereocenters. The van der Waals surface area contributed by atoms with Crippen LogP contribution in [0.4, 0.5) is 0 Å². The van der Waals surface area contributed by atoms with Crippen molar-refractivity contribution < 1.29 is 25.5 Å². The number of hydrogen-bond donors (Lipinski definition) is 5. The van der Waals surface area contributed by atoms with E-state index >= 15 is 0 Å². The van der Waals surface area contributed by atoms with Gasteiger partial charge < -0.3 is 25.5 Å². The van der Waals surface area contributed by atoms with Crippen LogP contribution < -0.4 is 0 Å². The zero-order chi connectivity index (χ0) is 32.5. The van der Waals surface area contributed by atoms with E-state index in [1.807, 2.05) is 20.8 Å². The van der Waals surface area contributed by atoms with E-state index in [9.17, 15) is 5.11 Å². The highest BCUT2D eigenvalue weighted by Gasteiger charge is 2.24. The van der Waals surface area contributed by atoms with Gasteiger partial charge in [-0.1, -0.05) is 130 Å². The first-order chi connectivity index (χ1) is 18.0. The van der Waals surface area contributed by atoms with E-state index in [1.54, 1.807) is 0 Å². The van der Waals surface area contributed by atoms with Gasteiger partial charge in [0.05, 0.1) is 12.2 Å². The minimum absolute atomic E-state index is 0.0994. The van der Waals surface area contributed by atoms with Crippen LogP contribution in [0.1, 0.15) is 162 Å². The maximum absolute atomic E-state index is 9.55. The Kier molecular flexibility index (Phi) is 49.9. The zero-order valence-corrected chi connectivity index (χ0v) is 29.7. The molecule has 2 unspecified atom stereocenters. The molecule has 5 nitrogen and oxygen atoms in total. The molecule has 0 heterocycles. The predicted molar refractivity (Wildman–Crippen MR) is 176 cm³/mol. The van der Waals surface area contributed by atoms with E-state index in [0.717, 1.165) is 25.7 Å². The van der Waals surface area contributed by atoms with E-state index in [1.165, 1.54) is 19.3 Å². The molecular formula is C34H80O5. The highest BCUT2D eigenvalue weighted by atomic mass is 16.3. The zero-order valence-electron chi connectivity index (χ0n) is 29.7. The van der Waals surface area contributed by atoms with Crippen LogP contribution in [0, 0.1) is 29.1 Å². The van der Waals surface area contributed by atoms with Crippen LogP contribution in [0.25, 0.3) is 0 Å². The molecule has 0 amide bonds. The van der Waals surface area contributed by atoms with Crippen molar-refractivity contribution in [3.8, 4) is 0 Å². The third kappa shape index (κ3) is 51.1. The van der Waals surface area contributed by atoms with Crippen molar-refractivity contribution in [1.29, 1.82) is 0 Å². The van der Waals surface area contributed by atoms with Gasteiger partial charge in [0, 0.05) is 25.7 Å². The molecule has 0 aliphatic rings. The molecule has 0 spiro atoms. The Morgan fingerprint density at radius 1 is 0.513 bits per heavy atom. The summed E-state index contributed by atoms with van der Waals surface area (Å²) in [5, 5.41) is 44.7. The lowest BCUT2D eigenvalue weighted by molar-refractivity contribution is -0.0329. The van der Waals surface area contributed by atoms with Gasteiger partial charge in [0.25, 0.3) is 0 Å². The topological polar surface area (TPSA) is 101 Å². The van der Waals surface area contributed by atoms with Gasteiger partial charge in [-0.25, -0.2) is 0 Å². The molecule has 5 heteroatoms. The summed E-state index contributed by atoms with van der Waals surface area (Å²) in [7, 11) is 0. The summed E-state index contributed by atoms with van der Waals surface area (Å²) in [4.78, 5) is 0. The maximum atomic E-state index is 9.55. The van der Waals surface area contributed by atoms with Gasteiger partial charge >= 0.3 is 0 Å². The standard InChI is InChI=1S/C9H20O.2C8H18O2.3C3H8/c1-5-9(4,7-10)6-8(2)3;1-7(2)3-4-8(5-9)6-10;1-4-8(10,6-9)5-7(2)3;3*1-3-2/h8,10H,5-7H2,1-4H3;7-10H,3-6H2,1-2H3;7,9-10H,4-6H2,1-3H3;3*3H2,1-2H3. The molecule has 39 heavy (non-hydrogen) atoms. The summed E-state index contributed by atoms with van der Waals surface area (Å²) in [5.74, 6) is 1.90. The maximum Gasteiger partial charge on any atom is 0.0877 e. The van der Waals surface area contributed by atoms with Crippen LogP contribution in [-0.4, -0.2) is 57.6 Å². The average molecular weight is 569 g/mol. The summed E-state index contributed by atoms with van der Waals surface area (Å²) >= 11 is 0. The van der Waals surface area contributed by atoms with Crippen LogP contribution >= 0.6 is 0 Å². The Morgan fingerprint density at radius 2 is 0.872 bits per heavy atom. The summed E-state index contributed by atoms with van der Waals surface area (Å²) in [6.07, 6.45) is 9.28. The quantitative estimate of drug-likeness (QED) is 0.153. The highest BCUT2D eigenvalue weighted by molar-refractivity contribution is 4.76. The second-order valence-electron chi connectivity index (χ2n) is 12.6. The monoisotopic (exact) mass is 569 g/mol. The molecule has 0 aromatic rings. The first kappa shape index (κ1) is 51.5. The van der Waals surface area contributed by atoms with E-state index < -0.39 is 5.60 Å². The van der Waals surface area contributed by atoms with Crippen molar-refractivity contribution in [2.75, 3.05) is 26.4 Å². The van der Waals surface area contributed by atoms with Gasteiger partial charge in [-0.05, 0) is 55.3 Å². The normalized spacial score (nSPS) is 13.2. The number of rotatable bonds is 13. The summed E-state index contributed by atoms with van der Waals surface area (Å²) in [6, 6.07) is 0. The molecule has 0 rings (SSSR count). The van der Waals surface area contributed by atoms with E-state index in [4.69, 9.17) is 20.4 Å². The minimum atomic E-state index is -0.839. The van der Waals surface area contributed by atoms with Crippen LogP contribution in [0.3, 0.4) is 0 Å². The van der Waals surface area contributed by atoms with Crippen molar-refractivity contribution >= 4 is 0 Å². The first-order valence-electron chi connectivity index (χ1n) is 16.2. The molecule has 0 fully saturated rings. The molecule has 5 N–H and O–H groups in total. The third-order valence-corrected chi connectivity index (χ3v) is 5.55. The molecule has 0 aliphatic heterocycles. The van der Waals surface area contributed by atoms with Crippen molar-refractivity contribution in [3.63, 3.8) is 0 Å². The van der Waals surface area contributed by atoms with Crippen LogP contribution in [-0.2, 0) is 0 Å². The van der Waals surface area contributed by atoms with Gasteiger partial charge in [-0.2, -0.15) is 0 Å². The molecule has 0 aromatic carbocycles. The van der Waals surface area contributed by atoms with Gasteiger partial charge in [0.1, 0.15) is 0 Å². The van der Waals surface area contributed by atoms with Gasteiger partial charge in [0.15, 0.2) is 0 Å². The van der Waals surface area contributed by atoms with E-state index in [-0.39, 0.29) is 31.2 Å². The molecule has 0 bridgehead atoms. The number of hydrogen-bond acceptors (Lipinski definition) is 5. The minimum Gasteiger partial charge on any atom is -0.396 e. The Labute approximate surface area is 248 Å².